The van der Waals surface area contributed by atoms with E-state index in [1.54, 1.807) is 0 Å². The van der Waals surface area contributed by atoms with Gasteiger partial charge in [0.15, 0.2) is 0 Å². The van der Waals surface area contributed by atoms with Crippen LogP contribution in [-0.2, 0) is 13.6 Å². The number of unbranched alkanes of at least 4 members (excludes halogenated alkanes) is 3. The maximum absolute atomic E-state index is 11.1. The zero-order valence-corrected chi connectivity index (χ0v) is 16.4. The lowest BCUT2D eigenvalue weighted by atomic mass is 10.3. The Balaban J connectivity index is 0.000000446. The number of hydrogen-bond acceptors (Lipinski definition) is 5. The van der Waals surface area contributed by atoms with Gasteiger partial charge in [-0.2, -0.15) is 0 Å². The Morgan fingerprint density at radius 1 is 1.08 bits per heavy atom. The van der Waals surface area contributed by atoms with Gasteiger partial charge in [-0.05, 0) is 25.5 Å². The van der Waals surface area contributed by atoms with E-state index >= 15 is 0 Å². The van der Waals surface area contributed by atoms with Crippen molar-refractivity contribution in [3.8, 4) is 0 Å². The molecule has 0 radical (unpaired) electrons. The molecular formula is C17H35N2O4P. The molecule has 1 aliphatic rings. The van der Waals surface area contributed by atoms with Gasteiger partial charge in [-0.15, -0.1) is 0 Å². The molecule has 0 saturated heterocycles. The van der Waals surface area contributed by atoms with Gasteiger partial charge >= 0.3 is 7.82 Å². The van der Waals surface area contributed by atoms with Crippen molar-refractivity contribution in [3.05, 3.63) is 25.2 Å². The molecule has 1 N–H and O–H groups in total. The standard InChI is InChI=1S/C9H16N2.C8H19O4P/c1-3-5-6-11-8-7-10(4-2)9-11;1-3-5-7-11-13(9,10)12-8-6-4-2/h4,7-8H,2-3,5-6,9H2,1H3;3-8H2,1-2H3,(H,9,10). The molecule has 1 aliphatic heterocycles. The van der Waals surface area contributed by atoms with Crippen molar-refractivity contribution in [2.24, 2.45) is 0 Å². The third-order valence-corrected chi connectivity index (χ3v) is 4.37. The van der Waals surface area contributed by atoms with Crippen LogP contribution in [0, 0.1) is 0 Å². The summed E-state index contributed by atoms with van der Waals surface area (Å²) in [4.78, 5) is 13.5. The Morgan fingerprint density at radius 2 is 1.62 bits per heavy atom. The first-order valence-electron chi connectivity index (χ1n) is 8.91. The molecule has 7 heteroatoms. The van der Waals surface area contributed by atoms with Crippen molar-refractivity contribution in [2.45, 2.75) is 59.3 Å². The largest absolute Gasteiger partial charge is 0.472 e. The van der Waals surface area contributed by atoms with Gasteiger partial charge in [0.1, 0.15) is 0 Å². The van der Waals surface area contributed by atoms with Crippen LogP contribution in [0.4, 0.5) is 0 Å². The maximum atomic E-state index is 11.1. The highest BCUT2D eigenvalue weighted by atomic mass is 31.2. The molecule has 0 aromatic rings. The van der Waals surface area contributed by atoms with Crippen LogP contribution < -0.4 is 0 Å². The second-order valence-electron chi connectivity index (χ2n) is 5.64. The monoisotopic (exact) mass is 362 g/mol. The van der Waals surface area contributed by atoms with E-state index in [1.165, 1.54) is 12.8 Å². The molecule has 6 nitrogen and oxygen atoms in total. The van der Waals surface area contributed by atoms with Crippen LogP contribution in [0.3, 0.4) is 0 Å². The van der Waals surface area contributed by atoms with Gasteiger partial charge < -0.3 is 14.7 Å². The van der Waals surface area contributed by atoms with Crippen LogP contribution in [0.25, 0.3) is 0 Å². The highest BCUT2D eigenvalue weighted by Crippen LogP contribution is 2.43. The fourth-order valence-electron chi connectivity index (χ4n) is 1.79. The van der Waals surface area contributed by atoms with Crippen LogP contribution >= 0.6 is 7.82 Å². The van der Waals surface area contributed by atoms with Crippen molar-refractivity contribution in [1.29, 1.82) is 0 Å². The van der Waals surface area contributed by atoms with Gasteiger partial charge in [-0.25, -0.2) is 4.57 Å². The van der Waals surface area contributed by atoms with Crippen LogP contribution in [0.1, 0.15) is 59.3 Å². The highest BCUT2D eigenvalue weighted by Gasteiger charge is 2.19. The van der Waals surface area contributed by atoms with Gasteiger partial charge in [0, 0.05) is 18.9 Å². The molecule has 0 unspecified atom stereocenters. The van der Waals surface area contributed by atoms with E-state index in [2.05, 4.69) is 35.7 Å². The van der Waals surface area contributed by atoms with Gasteiger partial charge in [0.05, 0.1) is 19.9 Å². The summed E-state index contributed by atoms with van der Waals surface area (Å²) >= 11 is 0. The summed E-state index contributed by atoms with van der Waals surface area (Å²) in [5.74, 6) is 0. The van der Waals surface area contributed by atoms with Crippen molar-refractivity contribution >= 4 is 7.82 Å². The molecule has 0 aliphatic carbocycles. The second-order valence-corrected chi connectivity index (χ2v) is 7.10. The Kier molecular flexibility index (Phi) is 14.0. The minimum Gasteiger partial charge on any atom is -0.358 e. The van der Waals surface area contributed by atoms with Gasteiger partial charge in [0.25, 0.3) is 0 Å². The summed E-state index contributed by atoms with van der Waals surface area (Å²) in [6.07, 6.45) is 12.0. The van der Waals surface area contributed by atoms with E-state index in [-0.39, 0.29) is 13.2 Å². The zero-order chi connectivity index (χ0) is 18.3. The molecule has 0 aromatic carbocycles. The summed E-state index contributed by atoms with van der Waals surface area (Å²) in [5.41, 5.74) is 0. The first-order valence-corrected chi connectivity index (χ1v) is 10.4. The molecule has 24 heavy (non-hydrogen) atoms. The lowest BCUT2D eigenvalue weighted by Gasteiger charge is -2.17. The van der Waals surface area contributed by atoms with Crippen LogP contribution in [-0.4, -0.2) is 41.1 Å². The van der Waals surface area contributed by atoms with Crippen LogP contribution in [0.15, 0.2) is 25.2 Å². The third kappa shape index (κ3) is 12.6. The van der Waals surface area contributed by atoms with Crippen LogP contribution in [0.2, 0.25) is 0 Å². The van der Waals surface area contributed by atoms with Gasteiger partial charge in [-0.1, -0.05) is 46.6 Å². The second kappa shape index (κ2) is 14.5. The number of nitrogens with zero attached hydrogens (tertiary/aromatic N) is 2. The molecular weight excluding hydrogens is 327 g/mol. The van der Waals surface area contributed by atoms with E-state index in [4.69, 9.17) is 13.9 Å². The van der Waals surface area contributed by atoms with Crippen molar-refractivity contribution in [2.75, 3.05) is 26.4 Å². The summed E-state index contributed by atoms with van der Waals surface area (Å²) < 4.78 is 20.5. The molecule has 0 saturated carbocycles. The van der Waals surface area contributed by atoms with E-state index in [0.717, 1.165) is 38.9 Å². The topological polar surface area (TPSA) is 62.2 Å². The van der Waals surface area contributed by atoms with Crippen molar-refractivity contribution < 1.29 is 18.5 Å². The Hall–Kier alpha value is -0.810. The summed E-state index contributed by atoms with van der Waals surface area (Å²) in [5, 5.41) is 0. The minimum absolute atomic E-state index is 0.288. The molecule has 0 spiro atoms. The molecule has 1 rings (SSSR count). The lowest BCUT2D eigenvalue weighted by Crippen LogP contribution is -2.22. The average Bonchev–Trinajstić information content (AvgIpc) is 3.02. The Labute approximate surface area is 147 Å². The predicted molar refractivity (Wildman–Crippen MR) is 99.2 cm³/mol. The van der Waals surface area contributed by atoms with E-state index in [1.807, 2.05) is 20.0 Å². The smallest absolute Gasteiger partial charge is 0.358 e. The lowest BCUT2D eigenvalue weighted by molar-refractivity contribution is 0.146. The molecule has 0 fully saturated rings. The molecule has 0 atom stereocenters. The first-order chi connectivity index (χ1) is 11.5. The average molecular weight is 362 g/mol. The molecule has 1 heterocycles. The Bertz CT molecular complexity index is 377. The molecule has 0 amide bonds. The number of phosphoric ester groups is 1. The molecule has 0 bridgehead atoms. The van der Waals surface area contributed by atoms with E-state index < -0.39 is 7.82 Å². The number of phosphoric acid groups is 1. The van der Waals surface area contributed by atoms with Crippen molar-refractivity contribution in [1.82, 2.24) is 9.80 Å². The first kappa shape index (κ1) is 23.2. The SMILES string of the molecule is C=CN1C=CN(CCCC)C1.CCCCOP(=O)(O)OCCCC. The molecule has 0 aromatic heterocycles. The fraction of sp³-hybridized carbons (Fsp3) is 0.765. The minimum atomic E-state index is -3.75. The molecule has 142 valence electrons. The fourth-order valence-corrected chi connectivity index (χ4v) is 2.59. The van der Waals surface area contributed by atoms with Crippen molar-refractivity contribution in [3.63, 3.8) is 0 Å². The summed E-state index contributed by atoms with van der Waals surface area (Å²) in [6.45, 7) is 12.6. The number of rotatable bonds is 12. The van der Waals surface area contributed by atoms with Crippen LogP contribution in [0.5, 0.6) is 0 Å². The third-order valence-electron chi connectivity index (χ3n) is 3.35. The maximum Gasteiger partial charge on any atom is 0.472 e. The number of hydrogen-bond donors (Lipinski definition) is 1. The van der Waals surface area contributed by atoms with E-state index in [9.17, 15) is 4.57 Å². The summed E-state index contributed by atoms with van der Waals surface area (Å²) in [7, 11) is -3.75. The zero-order valence-electron chi connectivity index (χ0n) is 15.5. The normalized spacial score (nSPS) is 13.8. The van der Waals surface area contributed by atoms with E-state index in [0.29, 0.717) is 0 Å². The quantitative estimate of drug-likeness (QED) is 0.401. The Morgan fingerprint density at radius 3 is 2.04 bits per heavy atom. The summed E-state index contributed by atoms with van der Waals surface area (Å²) in [6, 6.07) is 0. The van der Waals surface area contributed by atoms with Gasteiger partial charge in [0.2, 0.25) is 0 Å². The predicted octanol–water partition coefficient (Wildman–Crippen LogP) is 4.70. The van der Waals surface area contributed by atoms with Gasteiger partial charge in [-0.3, -0.25) is 9.05 Å². The highest BCUT2D eigenvalue weighted by molar-refractivity contribution is 7.47.